The zero-order valence-corrected chi connectivity index (χ0v) is 29.2. The first-order valence-corrected chi connectivity index (χ1v) is 17.6. The number of phenolic OH excluding ortho intramolecular Hbond substituents is 2. The molecule has 9 nitrogen and oxygen atoms in total. The summed E-state index contributed by atoms with van der Waals surface area (Å²) < 4.78 is 9.69. The van der Waals surface area contributed by atoms with E-state index in [0.717, 1.165) is 39.0 Å². The van der Waals surface area contributed by atoms with Gasteiger partial charge in [-0.25, -0.2) is 4.98 Å². The summed E-state index contributed by atoms with van der Waals surface area (Å²) >= 11 is 0. The van der Waals surface area contributed by atoms with E-state index in [0.29, 0.717) is 34.1 Å². The van der Waals surface area contributed by atoms with Crippen molar-refractivity contribution in [1.82, 2.24) is 19.1 Å². The first kappa shape index (κ1) is 33.1. The Kier molecular flexibility index (Phi) is 8.21. The van der Waals surface area contributed by atoms with Crippen LogP contribution in [0.25, 0.3) is 67.4 Å². The van der Waals surface area contributed by atoms with Gasteiger partial charge in [0, 0.05) is 16.8 Å². The molecule has 7 aromatic carbocycles. The quantitative estimate of drug-likeness (QED) is 0.123. The summed E-state index contributed by atoms with van der Waals surface area (Å²) in [5.41, 5.74) is 5.82. The number of aromatic hydroxyl groups is 4. The fourth-order valence-corrected chi connectivity index (χ4v) is 6.87. The molecular formula is C46H32N4O5. The first-order chi connectivity index (χ1) is 26.9. The van der Waals surface area contributed by atoms with E-state index in [1.54, 1.807) is 48.5 Å². The molecule has 9 aromatic rings. The molecule has 0 saturated heterocycles. The van der Waals surface area contributed by atoms with E-state index in [4.69, 9.17) is 9.72 Å². The highest BCUT2D eigenvalue weighted by molar-refractivity contribution is 5.90. The molecular weight excluding hydrogens is 689 g/mol. The highest BCUT2D eigenvalue weighted by Gasteiger charge is 2.25. The maximum Gasteiger partial charge on any atom is 0.276 e. The fourth-order valence-electron chi connectivity index (χ4n) is 6.87. The Balaban J connectivity index is 1.07. The van der Waals surface area contributed by atoms with Crippen LogP contribution in [0.5, 0.6) is 34.8 Å². The van der Waals surface area contributed by atoms with Crippen LogP contribution in [0.15, 0.2) is 170 Å². The molecule has 2 heterocycles. The highest BCUT2D eigenvalue weighted by atomic mass is 16.5. The fraction of sp³-hybridized carbons (Fsp3) is 0. The van der Waals surface area contributed by atoms with Gasteiger partial charge in [-0.05, 0) is 83.6 Å². The summed E-state index contributed by atoms with van der Waals surface area (Å²) in [6, 6.07) is 52.8. The number of aromatic nitrogens is 4. The van der Waals surface area contributed by atoms with Crippen LogP contribution in [-0.4, -0.2) is 39.5 Å². The second-order valence-electron chi connectivity index (χ2n) is 12.9. The predicted molar refractivity (Wildman–Crippen MR) is 213 cm³/mol. The molecule has 266 valence electrons. The summed E-state index contributed by atoms with van der Waals surface area (Å²) in [6.07, 6.45) is 0. The second kappa shape index (κ2) is 13.6. The average molecular weight is 721 g/mol. The molecule has 0 amide bonds. The van der Waals surface area contributed by atoms with Crippen molar-refractivity contribution < 1.29 is 25.2 Å². The molecule has 0 spiro atoms. The van der Waals surface area contributed by atoms with Gasteiger partial charge in [0.1, 0.15) is 28.8 Å². The number of fused-ring (bicyclic) bond motifs is 1. The zero-order chi connectivity index (χ0) is 37.5. The van der Waals surface area contributed by atoms with Crippen LogP contribution < -0.4 is 4.74 Å². The molecule has 2 aromatic heterocycles. The minimum Gasteiger partial charge on any atom is -0.507 e. The lowest BCUT2D eigenvalue weighted by atomic mass is 10.0. The number of phenols is 2. The number of hydrogen-bond donors (Lipinski definition) is 4. The minimum atomic E-state index is -0.558. The molecule has 4 N–H and O–H groups in total. The van der Waals surface area contributed by atoms with Gasteiger partial charge in [-0.2, -0.15) is 4.98 Å². The molecule has 9 rings (SSSR count). The summed E-state index contributed by atoms with van der Waals surface area (Å²) in [6.45, 7) is 0. The summed E-state index contributed by atoms with van der Waals surface area (Å²) in [5, 5.41) is 44.9. The summed E-state index contributed by atoms with van der Waals surface area (Å²) in [4.78, 5) is 9.34. The van der Waals surface area contributed by atoms with Crippen LogP contribution in [0.2, 0.25) is 0 Å². The molecule has 0 aliphatic carbocycles. The monoisotopic (exact) mass is 720 g/mol. The van der Waals surface area contributed by atoms with Crippen LogP contribution in [0.3, 0.4) is 0 Å². The average Bonchev–Trinajstić information content (AvgIpc) is 3.76. The number of para-hydroxylation sites is 1. The Bertz CT molecular complexity index is 2810. The third-order valence-corrected chi connectivity index (χ3v) is 9.48. The Hall–Kier alpha value is -7.78. The van der Waals surface area contributed by atoms with E-state index in [1.165, 1.54) is 4.57 Å². The van der Waals surface area contributed by atoms with E-state index < -0.39 is 11.8 Å². The van der Waals surface area contributed by atoms with Crippen molar-refractivity contribution in [3.63, 3.8) is 0 Å². The lowest BCUT2D eigenvalue weighted by Gasteiger charge is -2.15. The highest BCUT2D eigenvalue weighted by Crippen LogP contribution is 2.42. The van der Waals surface area contributed by atoms with Crippen LogP contribution in [-0.2, 0) is 0 Å². The van der Waals surface area contributed by atoms with Crippen molar-refractivity contribution in [2.24, 2.45) is 0 Å². The van der Waals surface area contributed by atoms with Crippen molar-refractivity contribution in [1.29, 1.82) is 0 Å². The molecule has 0 bridgehead atoms. The molecule has 0 radical (unpaired) electrons. The molecule has 9 heteroatoms. The molecule has 0 atom stereocenters. The van der Waals surface area contributed by atoms with Crippen molar-refractivity contribution in [2.75, 3.05) is 0 Å². The van der Waals surface area contributed by atoms with Crippen LogP contribution in [0.1, 0.15) is 0 Å². The topological polar surface area (TPSA) is 126 Å². The van der Waals surface area contributed by atoms with E-state index in [1.807, 2.05) is 121 Å². The van der Waals surface area contributed by atoms with Crippen molar-refractivity contribution in [3.05, 3.63) is 170 Å². The summed E-state index contributed by atoms with van der Waals surface area (Å²) in [7, 11) is 0. The van der Waals surface area contributed by atoms with E-state index >= 15 is 0 Å². The SMILES string of the molecule is Oc1cc2ccccc2cc1-c1nc(O)c(O)n1-c1ccc(Oc2ccc(-n3c(-c4ccccc4O)nc(-c4ccccc4)c3-c3ccccc3)cc2)cc1. The van der Waals surface area contributed by atoms with Gasteiger partial charge in [0.15, 0.2) is 5.82 Å². The lowest BCUT2D eigenvalue weighted by Crippen LogP contribution is -2.01. The van der Waals surface area contributed by atoms with Crippen LogP contribution in [0, 0.1) is 0 Å². The Labute approximate surface area is 315 Å². The van der Waals surface area contributed by atoms with Crippen LogP contribution >= 0.6 is 0 Å². The van der Waals surface area contributed by atoms with Gasteiger partial charge in [0.25, 0.3) is 11.8 Å². The summed E-state index contributed by atoms with van der Waals surface area (Å²) in [5.74, 6) is 0.943. The Morgan fingerprint density at radius 3 is 1.60 bits per heavy atom. The predicted octanol–water partition coefficient (Wildman–Crippen LogP) is 10.5. The van der Waals surface area contributed by atoms with Gasteiger partial charge < -0.3 is 25.2 Å². The number of ether oxygens (including phenoxy) is 1. The lowest BCUT2D eigenvalue weighted by molar-refractivity contribution is 0.379. The van der Waals surface area contributed by atoms with Crippen molar-refractivity contribution in [2.45, 2.75) is 0 Å². The maximum atomic E-state index is 11.0. The molecule has 0 saturated carbocycles. The van der Waals surface area contributed by atoms with Gasteiger partial charge in [-0.15, -0.1) is 0 Å². The number of nitrogens with zero attached hydrogens (tertiary/aromatic N) is 4. The zero-order valence-electron chi connectivity index (χ0n) is 29.2. The Morgan fingerprint density at radius 2 is 0.964 bits per heavy atom. The van der Waals surface area contributed by atoms with Gasteiger partial charge in [-0.3, -0.25) is 9.13 Å². The molecule has 0 aliphatic heterocycles. The molecule has 0 unspecified atom stereocenters. The number of benzene rings is 7. The van der Waals surface area contributed by atoms with E-state index in [9.17, 15) is 20.4 Å². The normalized spacial score (nSPS) is 11.2. The smallest absolute Gasteiger partial charge is 0.276 e. The Morgan fingerprint density at radius 1 is 0.436 bits per heavy atom. The van der Waals surface area contributed by atoms with Gasteiger partial charge >= 0.3 is 0 Å². The number of imidazole rings is 2. The third kappa shape index (κ3) is 6.05. The largest absolute Gasteiger partial charge is 0.507 e. The van der Waals surface area contributed by atoms with E-state index in [2.05, 4.69) is 9.55 Å². The minimum absolute atomic E-state index is 0.0380. The van der Waals surface area contributed by atoms with Crippen molar-refractivity contribution in [3.8, 4) is 91.4 Å². The van der Waals surface area contributed by atoms with Crippen molar-refractivity contribution >= 4 is 10.8 Å². The maximum absolute atomic E-state index is 11.0. The molecule has 55 heavy (non-hydrogen) atoms. The number of hydrogen-bond acceptors (Lipinski definition) is 7. The third-order valence-electron chi connectivity index (χ3n) is 9.48. The number of rotatable bonds is 8. The first-order valence-electron chi connectivity index (χ1n) is 17.6. The van der Waals surface area contributed by atoms with Gasteiger partial charge in [0.2, 0.25) is 0 Å². The van der Waals surface area contributed by atoms with E-state index in [-0.39, 0.29) is 17.3 Å². The molecule has 0 aliphatic rings. The standard InChI is InChI=1S/C46H32N4O5/c51-39-18-10-9-17-37(39)43-47-41(29-11-3-1-4-12-29)42(30-13-5-2-6-14-30)49(43)33-19-23-35(24-20-33)55-36-25-21-34(22-26-36)50-44(48-45(53)46(50)54)38-27-31-15-7-8-16-32(31)28-40(38)52/h1-28,51-54H. The molecule has 0 fully saturated rings. The van der Waals surface area contributed by atoms with Gasteiger partial charge in [-0.1, -0.05) is 97.1 Å². The van der Waals surface area contributed by atoms with Gasteiger partial charge in [0.05, 0.1) is 28.2 Å². The van der Waals surface area contributed by atoms with Crippen LogP contribution in [0.4, 0.5) is 0 Å². The second-order valence-corrected chi connectivity index (χ2v) is 12.9.